The van der Waals surface area contributed by atoms with Gasteiger partial charge in [0.2, 0.25) is 11.8 Å². The van der Waals surface area contributed by atoms with Crippen LogP contribution in [0.3, 0.4) is 0 Å². The zero-order valence-electron chi connectivity index (χ0n) is 25.8. The number of fused-ring (bicyclic) bond motifs is 2. The quantitative estimate of drug-likeness (QED) is 0.0673. The van der Waals surface area contributed by atoms with Gasteiger partial charge in [-0.25, -0.2) is 15.1 Å². The number of carbonyl (C=O) groups is 2. The molecule has 6 aliphatic rings. The number of hydrogen-bond donors (Lipinski definition) is 4. The summed E-state index contributed by atoms with van der Waals surface area (Å²) in [6, 6.07) is -0.766. The third-order valence-corrected chi connectivity index (χ3v) is 11.2. The molecule has 0 radical (unpaired) electrons. The van der Waals surface area contributed by atoms with Crippen LogP contribution < -0.4 is 21.8 Å². The summed E-state index contributed by atoms with van der Waals surface area (Å²) < 4.78 is 13.3. The topological polar surface area (TPSA) is 170 Å². The Balaban J connectivity index is 1.26. The first-order valence-corrected chi connectivity index (χ1v) is 15.9. The van der Waals surface area contributed by atoms with Crippen LogP contribution in [0.1, 0.15) is 92.4 Å². The van der Waals surface area contributed by atoms with E-state index in [4.69, 9.17) is 15.0 Å². The molecule has 0 aromatic heterocycles. The lowest BCUT2D eigenvalue weighted by atomic mass is 9.43. The molecule has 0 aromatic rings. The number of nitrogens with two attached hydrogens (primary N) is 1. The minimum atomic E-state index is -0.770. The number of aliphatic imine (C=N–C) groups is 1. The predicted molar refractivity (Wildman–Crippen MR) is 158 cm³/mol. The van der Waals surface area contributed by atoms with Gasteiger partial charge in [-0.15, -0.1) is 0 Å². The molecule has 5 saturated carbocycles. The van der Waals surface area contributed by atoms with E-state index in [0.717, 1.165) is 32.1 Å². The molecule has 1 aliphatic heterocycles. The maximum absolute atomic E-state index is 13.8. The summed E-state index contributed by atoms with van der Waals surface area (Å²) in [5.41, 5.74) is 7.20. The molecule has 0 spiro atoms. The van der Waals surface area contributed by atoms with Crippen LogP contribution in [-0.2, 0) is 18.9 Å². The van der Waals surface area contributed by atoms with E-state index < -0.39 is 18.2 Å². The van der Waals surface area contributed by atoms with Gasteiger partial charge in [-0.2, -0.15) is 0 Å². The average molecular weight is 589 g/mol. The number of hydrogen-bond acceptors (Lipinski definition) is 7. The first kappa shape index (κ1) is 31.0. The molecule has 9 atom stereocenters. The van der Waals surface area contributed by atoms with Gasteiger partial charge in [0.15, 0.2) is 5.03 Å². The average Bonchev–Trinajstić information content (AvgIpc) is 3.62. The van der Waals surface area contributed by atoms with Crippen molar-refractivity contribution in [3.8, 4) is 0 Å². The normalized spacial score (nSPS) is 35.8. The van der Waals surface area contributed by atoms with Crippen molar-refractivity contribution in [2.24, 2.45) is 51.6 Å². The molecule has 3 unspecified atom stereocenters. The molecule has 12 nitrogen and oxygen atoms in total. The van der Waals surface area contributed by atoms with Gasteiger partial charge in [0.1, 0.15) is 6.04 Å². The van der Waals surface area contributed by atoms with Crippen LogP contribution in [0.4, 0.5) is 0 Å². The fraction of sp³-hybridized carbons (Fsp3) is 0.897. The van der Waals surface area contributed by atoms with Gasteiger partial charge in [-0.05, 0) is 93.3 Å². The Morgan fingerprint density at radius 2 is 1.90 bits per heavy atom. The summed E-state index contributed by atoms with van der Waals surface area (Å²) >= 11 is 0. The lowest BCUT2D eigenvalue weighted by Gasteiger charge is -2.64. The first-order valence-electron chi connectivity index (χ1n) is 15.9. The Kier molecular flexibility index (Phi) is 8.82. The highest BCUT2D eigenvalue weighted by molar-refractivity contribution is 6.48. The van der Waals surface area contributed by atoms with E-state index in [1.165, 1.54) is 6.42 Å². The van der Waals surface area contributed by atoms with Crippen molar-refractivity contribution < 1.29 is 23.9 Å². The molecule has 4 bridgehead atoms. The molecule has 6 rings (SSSR count). The second-order valence-corrected chi connectivity index (χ2v) is 14.7. The van der Waals surface area contributed by atoms with Crippen LogP contribution >= 0.6 is 0 Å². The predicted octanol–water partition coefficient (Wildman–Crippen LogP) is 2.58. The lowest BCUT2D eigenvalue weighted by Crippen LogP contribution is -2.65. The molecule has 2 amide bonds. The van der Waals surface area contributed by atoms with E-state index in [1.54, 1.807) is 0 Å². The van der Waals surface area contributed by atoms with Gasteiger partial charge < -0.3 is 25.7 Å². The highest BCUT2D eigenvalue weighted by atomic mass is 16.7. The van der Waals surface area contributed by atoms with E-state index >= 15 is 0 Å². The lowest BCUT2D eigenvalue weighted by molar-refractivity contribution is -0.525. The van der Waals surface area contributed by atoms with Crippen molar-refractivity contribution >= 4 is 24.9 Å². The van der Waals surface area contributed by atoms with Gasteiger partial charge in [0.25, 0.3) is 5.96 Å². The Hall–Kier alpha value is -2.41. The fourth-order valence-electron chi connectivity index (χ4n) is 8.84. The third kappa shape index (κ3) is 6.13. The molecular weight excluding hydrogens is 539 g/mol. The summed E-state index contributed by atoms with van der Waals surface area (Å²) in [4.78, 5) is 41.8. The summed E-state index contributed by atoms with van der Waals surface area (Å²) in [6.45, 7) is 11.2. The van der Waals surface area contributed by atoms with Crippen LogP contribution in [0.25, 0.3) is 0 Å². The highest BCUT2D eigenvalue weighted by Gasteiger charge is 2.68. The summed E-state index contributed by atoms with van der Waals surface area (Å²) in [6.07, 6.45) is 7.79. The fourth-order valence-corrected chi connectivity index (χ4v) is 8.84. The minimum absolute atomic E-state index is 0.00947. The maximum Gasteiger partial charge on any atom is 0.481 e. The summed E-state index contributed by atoms with van der Waals surface area (Å²) in [7, 11) is -0.555. The van der Waals surface area contributed by atoms with Gasteiger partial charge >= 0.3 is 7.12 Å². The van der Waals surface area contributed by atoms with E-state index in [-0.39, 0.29) is 59.2 Å². The Morgan fingerprint density at radius 1 is 1.14 bits per heavy atom. The third-order valence-electron chi connectivity index (χ3n) is 11.2. The van der Waals surface area contributed by atoms with E-state index in [0.29, 0.717) is 42.9 Å². The van der Waals surface area contributed by atoms with Crippen molar-refractivity contribution in [3.63, 3.8) is 0 Å². The Morgan fingerprint density at radius 3 is 2.52 bits per heavy atom. The number of nitro groups is 1. The van der Waals surface area contributed by atoms with Crippen LogP contribution in [0.15, 0.2) is 4.99 Å². The Bertz CT molecular complexity index is 1090. The molecule has 42 heavy (non-hydrogen) atoms. The summed E-state index contributed by atoms with van der Waals surface area (Å²) in [5.74, 6) is 1.30. The molecule has 1 heterocycles. The van der Waals surface area contributed by atoms with Crippen molar-refractivity contribution in [2.75, 3.05) is 6.54 Å². The SMILES string of the molecule is CC(C)C[C@H](NC(=O)[C@H](CCCN=C(N)N[N+](=O)[O-])NC(=O)C1CC2CCC1C2)B1O[C@@H]2C[C@@H]3C[C@@H](C3(C)C)[C@]2(C)O1. The van der Waals surface area contributed by atoms with Crippen LogP contribution in [0, 0.1) is 51.0 Å². The standard InChI is InChI=1S/C29H49BN6O6/c1-16(2)11-24(30-41-23-15-19-14-22(28(19,3)4)29(23,5)42-30)34-26(38)21(7-6-10-32-27(31)35-36(39)40)33-25(37)20-13-17-8-9-18(20)12-17/h16-24H,6-15H2,1-5H3,(H,33,37)(H,34,38)(H3,31,32,35)/t17?,18?,19-,20?,21-,22-,23+,24-,29-/m0/s1. The van der Waals surface area contributed by atoms with Crippen molar-refractivity contribution in [3.05, 3.63) is 10.1 Å². The van der Waals surface area contributed by atoms with Crippen LogP contribution in [0.5, 0.6) is 0 Å². The molecule has 0 aromatic carbocycles. The summed E-state index contributed by atoms with van der Waals surface area (Å²) in [5, 5.41) is 16.1. The number of hydrazine groups is 1. The zero-order chi connectivity index (χ0) is 30.4. The largest absolute Gasteiger partial charge is 0.481 e. The van der Waals surface area contributed by atoms with Crippen LogP contribution in [-0.4, -0.2) is 60.2 Å². The maximum atomic E-state index is 13.8. The van der Waals surface area contributed by atoms with E-state index in [2.05, 4.69) is 50.2 Å². The van der Waals surface area contributed by atoms with E-state index in [9.17, 15) is 19.7 Å². The smallest absolute Gasteiger partial charge is 0.404 e. The van der Waals surface area contributed by atoms with Gasteiger partial charge in [0, 0.05) is 12.5 Å². The van der Waals surface area contributed by atoms with Crippen molar-refractivity contribution in [2.45, 2.75) is 116 Å². The Labute approximate surface area is 249 Å². The van der Waals surface area contributed by atoms with Gasteiger partial charge in [-0.3, -0.25) is 9.59 Å². The highest BCUT2D eigenvalue weighted by Crippen LogP contribution is 2.65. The number of amides is 2. The molecular formula is C29H49BN6O6. The van der Waals surface area contributed by atoms with Crippen molar-refractivity contribution in [1.29, 1.82) is 0 Å². The number of nitrogens with zero attached hydrogens (tertiary/aromatic N) is 2. The monoisotopic (exact) mass is 588 g/mol. The molecule has 13 heteroatoms. The van der Waals surface area contributed by atoms with Crippen LogP contribution in [0.2, 0.25) is 0 Å². The first-order chi connectivity index (χ1) is 19.8. The second-order valence-electron chi connectivity index (χ2n) is 14.7. The number of carbonyl (C=O) groups excluding carboxylic acids is 2. The number of nitrogens with one attached hydrogen (secondary N) is 3. The molecule has 234 valence electrons. The number of guanidine groups is 1. The minimum Gasteiger partial charge on any atom is -0.404 e. The van der Waals surface area contributed by atoms with Gasteiger partial charge in [-0.1, -0.05) is 39.5 Å². The number of rotatable bonds is 12. The molecule has 5 N–H and O–H groups in total. The molecule has 5 aliphatic carbocycles. The molecule has 6 fully saturated rings. The zero-order valence-corrected chi connectivity index (χ0v) is 25.8. The van der Waals surface area contributed by atoms with E-state index in [1.807, 2.05) is 5.43 Å². The molecule has 1 saturated heterocycles. The van der Waals surface area contributed by atoms with Crippen molar-refractivity contribution in [1.82, 2.24) is 16.1 Å². The van der Waals surface area contributed by atoms with Gasteiger partial charge in [0.05, 0.1) is 17.6 Å². The second kappa shape index (κ2) is 11.9.